The molecule has 0 bridgehead atoms. The Hall–Kier alpha value is -3.33. The number of hydrogen-bond acceptors (Lipinski definition) is 7. The van der Waals surface area contributed by atoms with E-state index in [1.165, 1.54) is 24.8 Å². The van der Waals surface area contributed by atoms with Crippen LogP contribution in [-0.4, -0.2) is 68.8 Å². The van der Waals surface area contributed by atoms with Gasteiger partial charge in [-0.2, -0.15) is 0 Å². The second-order valence-electron chi connectivity index (χ2n) is 11.5. The number of imide groups is 1. The number of rotatable bonds is 6. The number of likely N-dealkylation sites (tertiary alicyclic amines) is 1. The van der Waals surface area contributed by atoms with Crippen LogP contribution in [0.2, 0.25) is 0 Å². The zero-order valence-electron chi connectivity index (χ0n) is 21.5. The summed E-state index contributed by atoms with van der Waals surface area (Å²) >= 11 is 0. The van der Waals surface area contributed by atoms with Crippen LogP contribution < -0.4 is 10.1 Å². The minimum Gasteiger partial charge on any atom is -0.489 e. The van der Waals surface area contributed by atoms with E-state index in [1.54, 1.807) is 4.90 Å². The van der Waals surface area contributed by atoms with E-state index in [4.69, 9.17) is 4.74 Å². The summed E-state index contributed by atoms with van der Waals surface area (Å²) in [5.74, 6) is 1.98. The Labute approximate surface area is 222 Å². The summed E-state index contributed by atoms with van der Waals surface area (Å²) < 4.78 is 6.56. The maximum absolute atomic E-state index is 13.0. The van der Waals surface area contributed by atoms with Crippen molar-refractivity contribution in [3.63, 3.8) is 0 Å². The molecular formula is C29H33N5O4. The van der Waals surface area contributed by atoms with Gasteiger partial charge in [-0.15, -0.1) is 0 Å². The highest BCUT2D eigenvalue weighted by molar-refractivity contribution is 6.05. The van der Waals surface area contributed by atoms with Gasteiger partial charge < -0.3 is 9.64 Å². The van der Waals surface area contributed by atoms with E-state index in [2.05, 4.69) is 20.2 Å². The highest BCUT2D eigenvalue weighted by atomic mass is 16.5. The van der Waals surface area contributed by atoms with Crippen LogP contribution >= 0.6 is 0 Å². The summed E-state index contributed by atoms with van der Waals surface area (Å²) in [6.45, 7) is 2.29. The zero-order valence-corrected chi connectivity index (χ0v) is 21.5. The Morgan fingerprint density at radius 2 is 1.71 bits per heavy atom. The van der Waals surface area contributed by atoms with Crippen molar-refractivity contribution in [1.29, 1.82) is 0 Å². The molecule has 3 atom stereocenters. The number of carbonyl (C=O) groups is 3. The lowest BCUT2D eigenvalue weighted by Crippen LogP contribution is -2.57. The molecule has 0 radical (unpaired) electrons. The summed E-state index contributed by atoms with van der Waals surface area (Å²) in [6.07, 6.45) is 11.8. The molecule has 198 valence electrons. The smallest absolute Gasteiger partial charge is 0.255 e. The molecule has 1 aromatic heterocycles. The molecule has 9 nitrogen and oxygen atoms in total. The largest absolute Gasteiger partial charge is 0.489 e. The van der Waals surface area contributed by atoms with Crippen molar-refractivity contribution in [2.75, 3.05) is 13.1 Å². The van der Waals surface area contributed by atoms with Crippen LogP contribution in [0.25, 0.3) is 0 Å². The average molecular weight is 516 g/mol. The van der Waals surface area contributed by atoms with Gasteiger partial charge in [-0.25, -0.2) is 9.97 Å². The lowest BCUT2D eigenvalue weighted by Gasteiger charge is -2.47. The number of nitrogens with one attached hydrogen (secondary N) is 1. The number of amides is 3. The van der Waals surface area contributed by atoms with Gasteiger partial charge in [0.15, 0.2) is 0 Å². The summed E-state index contributed by atoms with van der Waals surface area (Å²) in [7, 11) is 0. The normalized spacial score (nSPS) is 28.2. The van der Waals surface area contributed by atoms with Crippen molar-refractivity contribution >= 4 is 17.7 Å². The Morgan fingerprint density at radius 3 is 2.47 bits per heavy atom. The topological polar surface area (TPSA) is 105 Å². The maximum atomic E-state index is 13.0. The number of fused-ring (bicyclic) bond motifs is 1. The van der Waals surface area contributed by atoms with Crippen molar-refractivity contribution in [2.45, 2.75) is 87.9 Å². The van der Waals surface area contributed by atoms with Gasteiger partial charge in [0.25, 0.3) is 5.91 Å². The van der Waals surface area contributed by atoms with Crippen LogP contribution in [-0.2, 0) is 16.1 Å². The van der Waals surface area contributed by atoms with Gasteiger partial charge in [-0.1, -0.05) is 6.42 Å². The van der Waals surface area contributed by atoms with E-state index in [0.717, 1.165) is 49.5 Å². The van der Waals surface area contributed by atoms with Gasteiger partial charge in [-0.05, 0) is 73.8 Å². The van der Waals surface area contributed by atoms with E-state index in [-0.39, 0.29) is 30.2 Å². The van der Waals surface area contributed by atoms with E-state index < -0.39 is 6.04 Å². The number of aromatic nitrogens is 2. The SMILES string of the molecule is O=C1CC[C@H](N2Cc3cc(O[C@@H]4CCCC[C@@H]4N4CC(c5ncc(C6CC6)cn5)C4)ccc3C2=O)C(=O)N1. The fourth-order valence-corrected chi connectivity index (χ4v) is 6.56. The first kappa shape index (κ1) is 23.8. The summed E-state index contributed by atoms with van der Waals surface area (Å²) in [5, 5.41) is 2.36. The van der Waals surface area contributed by atoms with Crippen molar-refractivity contribution in [3.05, 3.63) is 53.1 Å². The summed E-state index contributed by atoms with van der Waals surface area (Å²) in [5.41, 5.74) is 2.77. The second-order valence-corrected chi connectivity index (χ2v) is 11.5. The van der Waals surface area contributed by atoms with Crippen LogP contribution in [0, 0.1) is 0 Å². The average Bonchev–Trinajstić information content (AvgIpc) is 3.69. The van der Waals surface area contributed by atoms with Gasteiger partial charge in [0.2, 0.25) is 11.8 Å². The van der Waals surface area contributed by atoms with E-state index in [9.17, 15) is 14.4 Å². The molecule has 0 unspecified atom stereocenters. The molecule has 38 heavy (non-hydrogen) atoms. The number of nitrogens with zero attached hydrogens (tertiary/aromatic N) is 4. The molecule has 4 fully saturated rings. The molecule has 9 heteroatoms. The Bertz CT molecular complexity index is 1270. The van der Waals surface area contributed by atoms with Crippen LogP contribution in [0.15, 0.2) is 30.6 Å². The molecular weight excluding hydrogens is 482 g/mol. The monoisotopic (exact) mass is 515 g/mol. The van der Waals surface area contributed by atoms with Crippen LogP contribution in [0.5, 0.6) is 5.75 Å². The second kappa shape index (κ2) is 9.45. The number of piperidine rings is 1. The minimum atomic E-state index is -0.604. The fraction of sp³-hybridized carbons (Fsp3) is 0.552. The van der Waals surface area contributed by atoms with Crippen molar-refractivity contribution in [1.82, 2.24) is 25.1 Å². The molecule has 3 aliphatic heterocycles. The van der Waals surface area contributed by atoms with Crippen molar-refractivity contribution in [2.24, 2.45) is 0 Å². The van der Waals surface area contributed by atoms with E-state index in [1.807, 2.05) is 30.6 Å². The first-order valence-corrected chi connectivity index (χ1v) is 14.0. The van der Waals surface area contributed by atoms with E-state index in [0.29, 0.717) is 36.4 Å². The Kier molecular flexibility index (Phi) is 5.91. The molecule has 2 saturated heterocycles. The first-order chi connectivity index (χ1) is 18.5. The van der Waals surface area contributed by atoms with Crippen molar-refractivity contribution in [3.8, 4) is 5.75 Å². The molecule has 5 aliphatic rings. The summed E-state index contributed by atoms with van der Waals surface area (Å²) in [4.78, 5) is 50.3. The molecule has 0 spiro atoms. The lowest BCUT2D eigenvalue weighted by molar-refractivity contribution is -0.136. The number of ether oxygens (including phenoxy) is 1. The third-order valence-electron chi connectivity index (χ3n) is 8.93. The van der Waals surface area contributed by atoms with Crippen LogP contribution in [0.1, 0.15) is 90.5 Å². The predicted molar refractivity (Wildman–Crippen MR) is 137 cm³/mol. The van der Waals surface area contributed by atoms with Gasteiger partial charge in [-0.3, -0.25) is 24.6 Å². The van der Waals surface area contributed by atoms with Gasteiger partial charge in [0.1, 0.15) is 23.7 Å². The number of benzene rings is 1. The van der Waals surface area contributed by atoms with Crippen molar-refractivity contribution < 1.29 is 19.1 Å². The third kappa shape index (κ3) is 4.36. The molecule has 1 aromatic carbocycles. The molecule has 3 amide bonds. The highest BCUT2D eigenvalue weighted by Crippen LogP contribution is 2.40. The van der Waals surface area contributed by atoms with Crippen LogP contribution in [0.3, 0.4) is 0 Å². The fourth-order valence-electron chi connectivity index (χ4n) is 6.56. The molecule has 4 heterocycles. The predicted octanol–water partition coefficient (Wildman–Crippen LogP) is 2.90. The van der Waals surface area contributed by atoms with Gasteiger partial charge >= 0.3 is 0 Å². The minimum absolute atomic E-state index is 0.101. The standard InChI is InChI=1S/C29H33N5O4/c35-26-10-9-24(28(36)32-26)34-16-18-11-21(7-8-22(18)29(34)37)38-25-4-2-1-3-23(25)33-14-20(15-33)27-30-12-19(13-31-27)17-5-6-17/h7-8,11-13,17,20,23-25H,1-6,9-10,14-16H2,(H,32,35,36)/t23-,24-,25+/m0/s1. The Morgan fingerprint density at radius 1 is 0.921 bits per heavy atom. The Balaban J connectivity index is 0.997. The van der Waals surface area contributed by atoms with E-state index >= 15 is 0 Å². The molecule has 7 rings (SSSR count). The number of carbonyl (C=O) groups excluding carboxylic acids is 3. The number of hydrogen-bond donors (Lipinski definition) is 1. The molecule has 2 saturated carbocycles. The quantitative estimate of drug-likeness (QED) is 0.590. The van der Waals surface area contributed by atoms with Gasteiger partial charge in [0.05, 0.1) is 0 Å². The first-order valence-electron chi connectivity index (χ1n) is 14.0. The molecule has 2 aliphatic carbocycles. The third-order valence-corrected chi connectivity index (χ3v) is 8.93. The summed E-state index contributed by atoms with van der Waals surface area (Å²) in [6, 6.07) is 5.41. The lowest BCUT2D eigenvalue weighted by atomic mass is 9.86. The highest BCUT2D eigenvalue weighted by Gasteiger charge is 2.42. The molecule has 2 aromatic rings. The zero-order chi connectivity index (χ0) is 25.8. The van der Waals surface area contributed by atoms with Crippen LogP contribution in [0.4, 0.5) is 0 Å². The maximum Gasteiger partial charge on any atom is 0.255 e. The van der Waals surface area contributed by atoms with Gasteiger partial charge in [0, 0.05) is 56.0 Å². The molecule has 1 N–H and O–H groups in total.